The van der Waals surface area contributed by atoms with Crippen LogP contribution < -0.4 is 0 Å². The minimum Gasteiger partial charge on any atom is -0.417 e. The van der Waals surface area contributed by atoms with Gasteiger partial charge in [0.05, 0.1) is 6.10 Å². The molecule has 8 unspecified atom stereocenters. The minimum atomic E-state index is -1.69. The van der Waals surface area contributed by atoms with Gasteiger partial charge in [-0.25, -0.2) is 0 Å². The summed E-state index contributed by atoms with van der Waals surface area (Å²) in [5.74, 6) is 4.63. The Morgan fingerprint density at radius 3 is 2.07 bits per heavy atom. The van der Waals surface area contributed by atoms with E-state index in [0.29, 0.717) is 34.9 Å². The lowest BCUT2D eigenvalue weighted by atomic mass is 9.46. The smallest absolute Gasteiger partial charge is 0.184 e. The van der Waals surface area contributed by atoms with Gasteiger partial charge in [0, 0.05) is 12.7 Å². The largest absolute Gasteiger partial charge is 0.417 e. The average Bonchev–Trinajstić information content (AvgIpc) is 3.18. The van der Waals surface area contributed by atoms with Crippen LogP contribution in [0.25, 0.3) is 0 Å². The number of rotatable bonds is 12. The van der Waals surface area contributed by atoms with Gasteiger partial charge in [0.2, 0.25) is 0 Å². The molecule has 0 aromatic carbocycles. The zero-order valence-corrected chi connectivity index (χ0v) is 33.2. The minimum absolute atomic E-state index is 0.307. The van der Waals surface area contributed by atoms with E-state index in [1.54, 1.807) is 5.57 Å². The molecular weight excluding hydrogens is 565 g/mol. The molecule has 0 heterocycles. The third kappa shape index (κ3) is 8.15. The zero-order chi connectivity index (χ0) is 31.3. The highest BCUT2D eigenvalue weighted by atomic mass is 28.4. The molecule has 0 aliphatic heterocycles. The fraction of sp³-hybridized carbons (Fsp3) is 0.944. The molecule has 0 radical (unpaired) electrons. The molecule has 4 aliphatic rings. The molecular formula is C36H70O3Si3. The Hall–Kier alpha value is 0.271. The van der Waals surface area contributed by atoms with E-state index in [-0.39, 0.29) is 0 Å². The van der Waals surface area contributed by atoms with Crippen molar-refractivity contribution in [1.29, 1.82) is 0 Å². The predicted molar refractivity (Wildman–Crippen MR) is 188 cm³/mol. The first kappa shape index (κ1) is 35.1. The Morgan fingerprint density at radius 2 is 1.45 bits per heavy atom. The number of hydrogen-bond acceptors (Lipinski definition) is 3. The summed E-state index contributed by atoms with van der Waals surface area (Å²) in [5, 5.41) is 0. The Morgan fingerprint density at radius 1 is 0.786 bits per heavy atom. The van der Waals surface area contributed by atoms with E-state index < -0.39 is 25.0 Å². The van der Waals surface area contributed by atoms with Crippen molar-refractivity contribution >= 4 is 25.0 Å². The second kappa shape index (κ2) is 12.8. The van der Waals surface area contributed by atoms with E-state index in [1.807, 2.05) is 0 Å². The highest BCUT2D eigenvalue weighted by molar-refractivity contribution is 6.70. The van der Waals surface area contributed by atoms with Crippen molar-refractivity contribution in [1.82, 2.24) is 0 Å². The molecule has 4 aliphatic carbocycles. The Labute approximate surface area is 265 Å². The number of fused-ring (bicyclic) bond motifs is 5. The maximum absolute atomic E-state index is 7.19. The quantitative estimate of drug-likeness (QED) is 0.158. The fourth-order valence-electron chi connectivity index (χ4n) is 10.2. The second-order valence-electron chi connectivity index (χ2n) is 18.9. The molecule has 0 bridgehead atoms. The summed E-state index contributed by atoms with van der Waals surface area (Å²) in [6.45, 7) is 32.5. The summed E-state index contributed by atoms with van der Waals surface area (Å²) < 4.78 is 20.1. The highest BCUT2D eigenvalue weighted by Gasteiger charge is 2.61. The Balaban J connectivity index is 1.50. The molecule has 0 aromatic heterocycles. The van der Waals surface area contributed by atoms with Crippen LogP contribution in [0.3, 0.4) is 0 Å². The molecule has 42 heavy (non-hydrogen) atoms. The van der Waals surface area contributed by atoms with Crippen molar-refractivity contribution in [2.45, 2.75) is 163 Å². The van der Waals surface area contributed by atoms with Gasteiger partial charge in [0.15, 0.2) is 25.0 Å². The Bertz CT molecular complexity index is 946. The van der Waals surface area contributed by atoms with Gasteiger partial charge in [-0.3, -0.25) is 0 Å². The first-order valence-corrected chi connectivity index (χ1v) is 28.1. The average molecular weight is 635 g/mol. The highest BCUT2D eigenvalue weighted by Crippen LogP contribution is 2.68. The van der Waals surface area contributed by atoms with Crippen LogP contribution in [0.5, 0.6) is 0 Å². The molecule has 0 aromatic rings. The number of hydrogen-bond donors (Lipinski definition) is 0. The van der Waals surface area contributed by atoms with Crippen LogP contribution in [0.4, 0.5) is 0 Å². The SMILES string of the molecule is CC(CCCC(C)C1CCC2C3C(CCC12C)C1(C)CC[C@H](O[Si](C)(C)C)CC1=C[C@H]3O[Si](C)(C)C)CO[Si](C)(C)C. The van der Waals surface area contributed by atoms with Crippen LogP contribution in [0.1, 0.15) is 91.9 Å². The first-order valence-electron chi connectivity index (χ1n) is 17.9. The van der Waals surface area contributed by atoms with Crippen molar-refractivity contribution in [2.24, 2.45) is 46.3 Å². The molecule has 0 saturated heterocycles. The van der Waals surface area contributed by atoms with Crippen LogP contribution in [0, 0.1) is 46.3 Å². The second-order valence-corrected chi connectivity index (χ2v) is 32.3. The molecule has 4 rings (SSSR count). The normalized spacial score (nSPS) is 38.7. The maximum Gasteiger partial charge on any atom is 0.184 e. The van der Waals surface area contributed by atoms with Gasteiger partial charge in [-0.1, -0.05) is 52.2 Å². The molecule has 0 amide bonds. The first-order chi connectivity index (χ1) is 19.2. The van der Waals surface area contributed by atoms with Gasteiger partial charge >= 0.3 is 0 Å². The molecule has 6 heteroatoms. The van der Waals surface area contributed by atoms with Crippen LogP contribution in [0.15, 0.2) is 11.6 Å². The molecule has 3 fully saturated rings. The van der Waals surface area contributed by atoms with Gasteiger partial charge in [0.1, 0.15) is 0 Å². The van der Waals surface area contributed by atoms with E-state index >= 15 is 0 Å². The third-order valence-corrected chi connectivity index (χ3v) is 15.0. The van der Waals surface area contributed by atoms with E-state index in [4.69, 9.17) is 13.3 Å². The molecule has 3 nitrogen and oxygen atoms in total. The predicted octanol–water partition coefficient (Wildman–Crippen LogP) is 10.9. The lowest BCUT2D eigenvalue weighted by Crippen LogP contribution is -2.57. The van der Waals surface area contributed by atoms with Crippen molar-refractivity contribution in [3.8, 4) is 0 Å². The summed E-state index contributed by atoms with van der Waals surface area (Å²) in [5.41, 5.74) is 2.50. The summed E-state index contributed by atoms with van der Waals surface area (Å²) >= 11 is 0. The van der Waals surface area contributed by atoms with Crippen molar-refractivity contribution < 1.29 is 13.3 Å². The lowest BCUT2D eigenvalue weighted by Gasteiger charge is -2.61. The van der Waals surface area contributed by atoms with Crippen LogP contribution in [-0.4, -0.2) is 43.8 Å². The van der Waals surface area contributed by atoms with Crippen molar-refractivity contribution in [3.63, 3.8) is 0 Å². The Kier molecular flexibility index (Phi) is 10.7. The molecule has 3 saturated carbocycles. The van der Waals surface area contributed by atoms with Crippen LogP contribution in [-0.2, 0) is 13.3 Å². The molecule has 0 N–H and O–H groups in total. The van der Waals surface area contributed by atoms with E-state index in [0.717, 1.165) is 36.7 Å². The maximum atomic E-state index is 7.19. The topological polar surface area (TPSA) is 27.7 Å². The van der Waals surface area contributed by atoms with Gasteiger partial charge in [-0.15, -0.1) is 0 Å². The van der Waals surface area contributed by atoms with E-state index in [1.165, 1.54) is 57.8 Å². The molecule has 10 atom stereocenters. The fourth-order valence-corrected chi connectivity index (χ4v) is 13.2. The van der Waals surface area contributed by atoms with Gasteiger partial charge in [0.25, 0.3) is 0 Å². The third-order valence-electron chi connectivity index (χ3n) is 12.0. The van der Waals surface area contributed by atoms with Gasteiger partial charge in [-0.05, 0) is 157 Å². The summed E-state index contributed by atoms with van der Waals surface area (Å²) in [7, 11) is -4.65. The zero-order valence-electron chi connectivity index (χ0n) is 30.2. The van der Waals surface area contributed by atoms with E-state index in [9.17, 15) is 0 Å². The van der Waals surface area contributed by atoms with E-state index in [2.05, 4.69) is 92.7 Å². The molecule has 0 spiro atoms. The van der Waals surface area contributed by atoms with Crippen molar-refractivity contribution in [3.05, 3.63) is 11.6 Å². The summed E-state index contributed by atoms with van der Waals surface area (Å²) in [6.07, 6.45) is 16.8. The lowest BCUT2D eigenvalue weighted by molar-refractivity contribution is -0.0923. The monoisotopic (exact) mass is 634 g/mol. The van der Waals surface area contributed by atoms with Crippen LogP contribution in [0.2, 0.25) is 58.9 Å². The van der Waals surface area contributed by atoms with Gasteiger partial charge in [-0.2, -0.15) is 0 Å². The van der Waals surface area contributed by atoms with Crippen molar-refractivity contribution in [2.75, 3.05) is 6.61 Å². The summed E-state index contributed by atoms with van der Waals surface area (Å²) in [4.78, 5) is 0. The summed E-state index contributed by atoms with van der Waals surface area (Å²) in [6, 6.07) is 0. The van der Waals surface area contributed by atoms with Crippen LogP contribution >= 0.6 is 0 Å². The molecule has 244 valence electrons. The standard InChI is InChI=1S/C36H70O3Si3/c1-26(25-37-40(5,6)7)15-14-16-27(2)30-17-18-31-34-32(20-22-36(30,31)4)35(3)21-19-29(38-41(8,9)10)23-28(35)24-33(34)39-42(11,12)13/h24,26-27,29-34H,14-23,25H2,1-13H3/t26?,27?,29-,30?,31?,32?,33+,34?,35?,36?/m0/s1. The van der Waals surface area contributed by atoms with Gasteiger partial charge < -0.3 is 13.3 Å².